The van der Waals surface area contributed by atoms with Crippen molar-refractivity contribution in [1.82, 2.24) is 10.6 Å². The molecule has 0 saturated heterocycles. The van der Waals surface area contributed by atoms with Gasteiger partial charge in [0.25, 0.3) is 0 Å². The average molecular weight is 204 g/mol. The monoisotopic (exact) mass is 204 g/mol. The zero-order valence-electron chi connectivity index (χ0n) is 7.79. The lowest BCUT2D eigenvalue weighted by Gasteiger charge is -1.88. The molecule has 14 heavy (non-hydrogen) atoms. The van der Waals surface area contributed by atoms with Crippen molar-refractivity contribution in [2.45, 2.75) is 13.8 Å². The highest BCUT2D eigenvalue weighted by molar-refractivity contribution is 5.92. The van der Waals surface area contributed by atoms with E-state index in [2.05, 4.69) is 11.5 Å². The van der Waals surface area contributed by atoms with Crippen LogP contribution in [-0.2, 0) is 9.59 Å². The summed E-state index contributed by atoms with van der Waals surface area (Å²) < 4.78 is 0. The van der Waals surface area contributed by atoms with Crippen LogP contribution in [0.3, 0.4) is 0 Å². The second-order valence-corrected chi connectivity index (χ2v) is 2.09. The van der Waals surface area contributed by atoms with Crippen LogP contribution in [0.1, 0.15) is 13.8 Å². The maximum Gasteiger partial charge on any atom is 0.318 e. The fraction of sp³-hybridized carbons (Fsp3) is 0.333. The van der Waals surface area contributed by atoms with Crippen LogP contribution in [0.15, 0.2) is 0 Å². The molecule has 0 atom stereocenters. The number of urea groups is 2. The molecule has 0 aromatic carbocycles. The fourth-order valence-corrected chi connectivity index (χ4v) is 0.347. The van der Waals surface area contributed by atoms with Crippen molar-refractivity contribution in [3.05, 3.63) is 0 Å². The molecule has 0 aliphatic rings. The Labute approximate surface area is 80.0 Å². The Balaban J connectivity index is 0. The van der Waals surface area contributed by atoms with Crippen LogP contribution in [0.4, 0.5) is 9.59 Å². The number of carbonyl (C=O) groups is 4. The largest absolute Gasteiger partial charge is 0.351 e. The Morgan fingerprint density at radius 3 is 1.00 bits per heavy atom. The van der Waals surface area contributed by atoms with Crippen LogP contribution >= 0.6 is 0 Å². The third kappa shape index (κ3) is 22.5. The molecule has 8 heteroatoms. The summed E-state index contributed by atoms with van der Waals surface area (Å²) in [6, 6.07) is -1.62. The topological polar surface area (TPSA) is 144 Å². The number of primary amides is 2. The van der Waals surface area contributed by atoms with Gasteiger partial charge in [-0.25, -0.2) is 9.59 Å². The van der Waals surface area contributed by atoms with Gasteiger partial charge in [0, 0.05) is 13.8 Å². The quantitative estimate of drug-likeness (QED) is 0.376. The minimum absolute atomic E-state index is 0.437. The van der Waals surface area contributed by atoms with Crippen molar-refractivity contribution in [2.75, 3.05) is 0 Å². The van der Waals surface area contributed by atoms with E-state index in [0.29, 0.717) is 0 Å². The van der Waals surface area contributed by atoms with E-state index in [1.165, 1.54) is 13.8 Å². The first-order chi connectivity index (χ1) is 6.25. The standard InChI is InChI=1S/2C3H6N2O2/c2*1-2(6)5-3(4)7/h2*1H3,(H3,4,5,6,7). The molecular formula is C6H12N4O4. The predicted molar refractivity (Wildman–Crippen MR) is 46.8 cm³/mol. The van der Waals surface area contributed by atoms with E-state index in [-0.39, 0.29) is 0 Å². The van der Waals surface area contributed by atoms with Crippen molar-refractivity contribution in [2.24, 2.45) is 11.5 Å². The molecule has 6 N–H and O–H groups in total. The molecule has 0 aromatic heterocycles. The van der Waals surface area contributed by atoms with Gasteiger partial charge in [-0.3, -0.25) is 20.2 Å². The van der Waals surface area contributed by atoms with Gasteiger partial charge in [0.1, 0.15) is 0 Å². The van der Waals surface area contributed by atoms with Gasteiger partial charge >= 0.3 is 12.1 Å². The molecule has 0 fully saturated rings. The Kier molecular flexibility index (Phi) is 7.74. The second kappa shape index (κ2) is 7.53. The molecule has 6 amide bonds. The lowest BCUT2D eigenvalue weighted by molar-refractivity contribution is -0.118. The van der Waals surface area contributed by atoms with E-state index in [9.17, 15) is 19.2 Å². The molecule has 0 saturated carbocycles. The number of imide groups is 2. The number of hydrogen-bond acceptors (Lipinski definition) is 4. The third-order valence-corrected chi connectivity index (χ3v) is 0.598. The van der Waals surface area contributed by atoms with E-state index in [1.54, 1.807) is 10.6 Å². The summed E-state index contributed by atoms with van der Waals surface area (Å²) in [7, 11) is 0. The van der Waals surface area contributed by atoms with Crippen molar-refractivity contribution >= 4 is 23.9 Å². The fourth-order valence-electron chi connectivity index (χ4n) is 0.347. The van der Waals surface area contributed by atoms with Crippen LogP contribution in [0.25, 0.3) is 0 Å². The minimum Gasteiger partial charge on any atom is -0.351 e. The van der Waals surface area contributed by atoms with Gasteiger partial charge in [-0.1, -0.05) is 0 Å². The van der Waals surface area contributed by atoms with Crippen LogP contribution < -0.4 is 22.1 Å². The maximum absolute atomic E-state index is 9.84. The average Bonchev–Trinajstić information content (AvgIpc) is 1.79. The highest BCUT2D eigenvalue weighted by Crippen LogP contribution is 1.56. The number of carbonyl (C=O) groups excluding carboxylic acids is 4. The van der Waals surface area contributed by atoms with Gasteiger partial charge < -0.3 is 11.5 Å². The van der Waals surface area contributed by atoms with Gasteiger partial charge in [-0.05, 0) is 0 Å². The molecule has 0 radical (unpaired) electrons. The lowest BCUT2D eigenvalue weighted by Crippen LogP contribution is -2.32. The van der Waals surface area contributed by atoms with Crippen molar-refractivity contribution in [1.29, 1.82) is 0 Å². The molecule has 8 nitrogen and oxygen atoms in total. The van der Waals surface area contributed by atoms with Crippen LogP contribution in [0.5, 0.6) is 0 Å². The Morgan fingerprint density at radius 2 is 1.00 bits per heavy atom. The molecule has 0 aliphatic carbocycles. The number of amides is 6. The Bertz CT molecular complexity index is 200. The number of nitrogens with one attached hydrogen (secondary N) is 2. The summed E-state index contributed by atoms with van der Waals surface area (Å²) in [5.41, 5.74) is 9.04. The number of rotatable bonds is 0. The normalized spacial score (nSPS) is 7.57. The first-order valence-electron chi connectivity index (χ1n) is 3.39. The molecule has 0 spiro atoms. The number of nitrogens with two attached hydrogens (primary N) is 2. The summed E-state index contributed by atoms with van der Waals surface area (Å²) in [5.74, 6) is -0.875. The van der Waals surface area contributed by atoms with Gasteiger partial charge in [0.05, 0.1) is 0 Å². The van der Waals surface area contributed by atoms with E-state index in [0.717, 1.165) is 0 Å². The summed E-state index contributed by atoms with van der Waals surface area (Å²) in [6.07, 6.45) is 0. The van der Waals surface area contributed by atoms with Gasteiger partial charge in [0.15, 0.2) is 0 Å². The number of hydrogen-bond donors (Lipinski definition) is 4. The van der Waals surface area contributed by atoms with E-state index >= 15 is 0 Å². The van der Waals surface area contributed by atoms with Gasteiger partial charge in [-0.15, -0.1) is 0 Å². The van der Waals surface area contributed by atoms with E-state index in [1.807, 2.05) is 0 Å². The molecule has 0 bridgehead atoms. The summed E-state index contributed by atoms with van der Waals surface area (Å²) >= 11 is 0. The smallest absolute Gasteiger partial charge is 0.318 e. The minimum atomic E-state index is -0.812. The van der Waals surface area contributed by atoms with Crippen molar-refractivity contribution in [3.63, 3.8) is 0 Å². The van der Waals surface area contributed by atoms with E-state index < -0.39 is 23.9 Å². The maximum atomic E-state index is 9.84. The van der Waals surface area contributed by atoms with Gasteiger partial charge in [0.2, 0.25) is 11.8 Å². The summed E-state index contributed by atoms with van der Waals surface area (Å²) in [5, 5.41) is 3.61. The Morgan fingerprint density at radius 1 is 0.786 bits per heavy atom. The molecule has 0 aliphatic heterocycles. The third-order valence-electron chi connectivity index (χ3n) is 0.598. The zero-order chi connectivity index (χ0) is 11.7. The second-order valence-electron chi connectivity index (χ2n) is 2.09. The molecule has 0 rings (SSSR count). The van der Waals surface area contributed by atoms with Crippen molar-refractivity contribution in [3.8, 4) is 0 Å². The predicted octanol–water partition coefficient (Wildman–Crippen LogP) is -1.60. The summed E-state index contributed by atoms with van der Waals surface area (Å²) in [6.45, 7) is 2.43. The Hall–Kier alpha value is -2.12. The van der Waals surface area contributed by atoms with Crippen LogP contribution in [-0.4, -0.2) is 23.9 Å². The first kappa shape index (κ1) is 14.4. The highest BCUT2D eigenvalue weighted by Gasteiger charge is 1.91. The first-order valence-corrected chi connectivity index (χ1v) is 3.39. The lowest BCUT2D eigenvalue weighted by atomic mass is 10.7. The molecular weight excluding hydrogens is 192 g/mol. The zero-order valence-corrected chi connectivity index (χ0v) is 7.79. The highest BCUT2D eigenvalue weighted by atomic mass is 16.2. The molecule has 0 aromatic rings. The van der Waals surface area contributed by atoms with Crippen LogP contribution in [0, 0.1) is 0 Å². The SMILES string of the molecule is CC(=O)NC(N)=O.CC(=O)NC(N)=O. The van der Waals surface area contributed by atoms with Gasteiger partial charge in [-0.2, -0.15) is 0 Å². The molecule has 80 valence electrons. The molecule has 0 unspecified atom stereocenters. The molecule has 0 heterocycles. The van der Waals surface area contributed by atoms with E-state index in [4.69, 9.17) is 0 Å². The summed E-state index contributed by atoms with van der Waals surface area (Å²) in [4.78, 5) is 39.1. The van der Waals surface area contributed by atoms with Crippen LogP contribution in [0.2, 0.25) is 0 Å². The van der Waals surface area contributed by atoms with Crippen molar-refractivity contribution < 1.29 is 19.2 Å².